The fourth-order valence-electron chi connectivity index (χ4n) is 1.25. The van der Waals surface area contributed by atoms with E-state index in [4.69, 9.17) is 25.8 Å². The summed E-state index contributed by atoms with van der Waals surface area (Å²) in [5.41, 5.74) is 0.160. The van der Waals surface area contributed by atoms with E-state index >= 15 is 0 Å². The lowest BCUT2D eigenvalue weighted by molar-refractivity contribution is -0.00849. The van der Waals surface area contributed by atoms with E-state index in [1.807, 2.05) is 0 Å². The second-order valence-electron chi connectivity index (χ2n) is 3.49. The Morgan fingerprint density at radius 2 is 2.11 bits per heavy atom. The van der Waals surface area contributed by atoms with Gasteiger partial charge in [-0.25, -0.2) is 0 Å². The first-order valence-electron chi connectivity index (χ1n) is 5.29. The van der Waals surface area contributed by atoms with Gasteiger partial charge in [0.05, 0.1) is 18.8 Å². The molecule has 18 heavy (non-hydrogen) atoms. The van der Waals surface area contributed by atoms with Gasteiger partial charge in [0.2, 0.25) is 0 Å². The molecule has 1 aromatic rings. The molecular formula is C12H15ClO5. The molecule has 1 aromatic carbocycles. The second kappa shape index (κ2) is 7.20. The molecule has 1 rings (SSSR count). The number of carbonyl (C=O) groups excluding carboxylic acids is 1. The van der Waals surface area contributed by atoms with Crippen LogP contribution in [0.15, 0.2) is 12.1 Å². The quantitative estimate of drug-likeness (QED) is 0.469. The van der Waals surface area contributed by atoms with Gasteiger partial charge in [-0.3, -0.25) is 4.79 Å². The first kappa shape index (κ1) is 14.8. The molecule has 100 valence electrons. The Kier molecular flexibility index (Phi) is 5.91. The number of phenols is 1. The number of phenolic OH excluding ortho intramolecular Hbond substituents is 1. The average molecular weight is 275 g/mol. The van der Waals surface area contributed by atoms with E-state index in [-0.39, 0.29) is 34.7 Å². The van der Waals surface area contributed by atoms with Crippen molar-refractivity contribution in [2.24, 2.45) is 0 Å². The van der Waals surface area contributed by atoms with Crippen LogP contribution in [0.3, 0.4) is 0 Å². The predicted octanol–water partition coefficient (Wildman–Crippen LogP) is 2.25. The number of benzene rings is 1. The molecule has 1 N–H and O–H groups in total. The highest BCUT2D eigenvalue weighted by Gasteiger charge is 2.14. The minimum Gasteiger partial charge on any atom is -0.505 e. The van der Waals surface area contributed by atoms with Crippen molar-refractivity contribution >= 4 is 17.4 Å². The highest BCUT2D eigenvalue weighted by Crippen LogP contribution is 2.36. The molecule has 0 aromatic heterocycles. The maximum atomic E-state index is 11.2. The number of ether oxygens (including phenoxy) is 3. The van der Waals surface area contributed by atoms with Gasteiger partial charge in [-0.15, -0.1) is 0 Å². The molecule has 0 radical (unpaired) electrons. The molecule has 0 heterocycles. The lowest BCUT2D eigenvalue weighted by Crippen LogP contribution is -2.08. The summed E-state index contributed by atoms with van der Waals surface area (Å²) in [6.07, 6.45) is 0. The van der Waals surface area contributed by atoms with Gasteiger partial charge in [0.25, 0.3) is 0 Å². The van der Waals surface area contributed by atoms with E-state index in [9.17, 15) is 9.90 Å². The molecule has 0 saturated carbocycles. The third-order valence-electron chi connectivity index (χ3n) is 2.19. The Labute approximate surface area is 110 Å². The molecule has 0 aliphatic heterocycles. The van der Waals surface area contributed by atoms with Crippen LogP contribution in [0.5, 0.6) is 11.5 Å². The Bertz CT molecular complexity index is 419. The maximum absolute atomic E-state index is 11.2. The molecule has 0 atom stereocenters. The van der Waals surface area contributed by atoms with Gasteiger partial charge in [0, 0.05) is 7.11 Å². The van der Waals surface area contributed by atoms with Crippen LogP contribution in [0, 0.1) is 0 Å². The Morgan fingerprint density at radius 1 is 1.39 bits per heavy atom. The van der Waals surface area contributed by atoms with Gasteiger partial charge >= 0.3 is 0 Å². The third kappa shape index (κ3) is 3.87. The highest BCUT2D eigenvalue weighted by molar-refractivity contribution is 6.34. The molecule has 0 aliphatic carbocycles. The Morgan fingerprint density at radius 3 is 2.72 bits per heavy atom. The summed E-state index contributed by atoms with van der Waals surface area (Å²) in [6, 6.07) is 2.96. The normalized spacial score (nSPS) is 10.4. The van der Waals surface area contributed by atoms with E-state index in [2.05, 4.69) is 0 Å². The molecule has 0 unspecified atom stereocenters. The zero-order chi connectivity index (χ0) is 13.5. The summed E-state index contributed by atoms with van der Waals surface area (Å²) in [5.74, 6) is -0.285. The van der Waals surface area contributed by atoms with Crippen LogP contribution in [0.1, 0.15) is 17.3 Å². The van der Waals surface area contributed by atoms with Crippen LogP contribution in [0.2, 0.25) is 5.02 Å². The molecular weight excluding hydrogens is 260 g/mol. The fraction of sp³-hybridized carbons (Fsp3) is 0.417. The van der Waals surface area contributed by atoms with Crippen LogP contribution in [0.4, 0.5) is 0 Å². The molecule has 0 bridgehead atoms. The van der Waals surface area contributed by atoms with E-state index < -0.39 is 0 Å². The van der Waals surface area contributed by atoms with Crippen LogP contribution < -0.4 is 4.74 Å². The van der Waals surface area contributed by atoms with Crippen molar-refractivity contribution in [3.05, 3.63) is 22.7 Å². The summed E-state index contributed by atoms with van der Waals surface area (Å²) in [4.78, 5) is 11.2. The largest absolute Gasteiger partial charge is 0.505 e. The summed E-state index contributed by atoms with van der Waals surface area (Å²) in [7, 11) is 1.57. The number of hydrogen-bond donors (Lipinski definition) is 1. The first-order chi connectivity index (χ1) is 8.57. The molecule has 6 heteroatoms. The highest BCUT2D eigenvalue weighted by atomic mass is 35.5. The van der Waals surface area contributed by atoms with Crippen molar-refractivity contribution in [1.82, 2.24) is 0 Å². The smallest absolute Gasteiger partial charge is 0.189 e. The van der Waals surface area contributed by atoms with Crippen molar-refractivity contribution in [3.8, 4) is 11.5 Å². The number of Topliss-reactive ketones (excluding diaryl/α,β-unsaturated/α-hetero) is 1. The van der Waals surface area contributed by atoms with Gasteiger partial charge in [-0.2, -0.15) is 0 Å². The van der Waals surface area contributed by atoms with E-state index in [1.54, 1.807) is 7.11 Å². The predicted molar refractivity (Wildman–Crippen MR) is 66.4 cm³/mol. The van der Waals surface area contributed by atoms with Crippen molar-refractivity contribution in [2.45, 2.75) is 6.92 Å². The van der Waals surface area contributed by atoms with Gasteiger partial charge in [0.15, 0.2) is 12.6 Å². The number of ketones is 1. The van der Waals surface area contributed by atoms with Crippen LogP contribution in [-0.4, -0.2) is 38.0 Å². The van der Waals surface area contributed by atoms with Crippen molar-refractivity contribution in [3.63, 3.8) is 0 Å². The van der Waals surface area contributed by atoms with Crippen molar-refractivity contribution in [2.75, 3.05) is 27.1 Å². The van der Waals surface area contributed by atoms with Crippen LogP contribution in [-0.2, 0) is 9.47 Å². The standard InChI is InChI=1S/C12H15ClO5/c1-8(14)9-3-4-10(11(13)12(9)15)18-7-17-6-5-16-2/h3-4,15H,5-7H2,1-2H3. The minimum absolute atomic E-state index is 0.00181. The first-order valence-corrected chi connectivity index (χ1v) is 5.67. The lowest BCUT2D eigenvalue weighted by atomic mass is 10.1. The van der Waals surface area contributed by atoms with Gasteiger partial charge in [-0.05, 0) is 19.1 Å². The number of rotatable bonds is 7. The average Bonchev–Trinajstić information content (AvgIpc) is 2.33. The molecule has 5 nitrogen and oxygen atoms in total. The van der Waals surface area contributed by atoms with Crippen LogP contribution >= 0.6 is 11.6 Å². The minimum atomic E-state index is -0.279. The van der Waals surface area contributed by atoms with E-state index in [0.717, 1.165) is 0 Å². The molecule has 0 saturated heterocycles. The third-order valence-corrected chi connectivity index (χ3v) is 2.55. The number of methoxy groups -OCH3 is 1. The lowest BCUT2D eigenvalue weighted by Gasteiger charge is -2.11. The molecule has 0 fully saturated rings. The summed E-state index contributed by atoms with van der Waals surface area (Å²) < 4.78 is 15.1. The van der Waals surface area contributed by atoms with E-state index in [0.29, 0.717) is 13.2 Å². The maximum Gasteiger partial charge on any atom is 0.189 e. The number of aromatic hydroxyl groups is 1. The Balaban J connectivity index is 2.62. The summed E-state index contributed by atoms with van der Waals surface area (Å²) in [5, 5.41) is 9.69. The van der Waals surface area contributed by atoms with E-state index in [1.165, 1.54) is 19.1 Å². The zero-order valence-corrected chi connectivity index (χ0v) is 11.0. The number of hydrogen-bond acceptors (Lipinski definition) is 5. The van der Waals surface area contributed by atoms with Crippen molar-refractivity contribution < 1.29 is 24.1 Å². The number of halogens is 1. The summed E-state index contributed by atoms with van der Waals surface area (Å²) in [6.45, 7) is 2.19. The zero-order valence-electron chi connectivity index (χ0n) is 10.2. The van der Waals surface area contributed by atoms with Crippen molar-refractivity contribution in [1.29, 1.82) is 0 Å². The molecule has 0 aliphatic rings. The SMILES string of the molecule is COCCOCOc1ccc(C(C)=O)c(O)c1Cl. The summed E-state index contributed by atoms with van der Waals surface area (Å²) >= 11 is 5.88. The Hall–Kier alpha value is -1.30. The number of carbonyl (C=O) groups is 1. The van der Waals surface area contributed by atoms with Crippen LogP contribution in [0.25, 0.3) is 0 Å². The molecule has 0 amide bonds. The topological polar surface area (TPSA) is 65.0 Å². The van der Waals surface area contributed by atoms with Gasteiger partial charge in [-0.1, -0.05) is 11.6 Å². The monoisotopic (exact) mass is 274 g/mol. The van der Waals surface area contributed by atoms with Gasteiger partial charge in [0.1, 0.15) is 16.5 Å². The fourth-order valence-corrected chi connectivity index (χ4v) is 1.47. The van der Waals surface area contributed by atoms with Gasteiger partial charge < -0.3 is 19.3 Å². The second-order valence-corrected chi connectivity index (χ2v) is 3.87. The molecule has 0 spiro atoms.